The molecule has 4 heterocycles. The summed E-state index contributed by atoms with van der Waals surface area (Å²) < 4.78 is 14.2. The van der Waals surface area contributed by atoms with Crippen molar-refractivity contribution < 1.29 is 9.18 Å². The zero-order chi connectivity index (χ0) is 22.0. The molecule has 31 heavy (non-hydrogen) atoms. The Hall–Kier alpha value is -3.33. The number of rotatable bonds is 5. The third-order valence-electron chi connectivity index (χ3n) is 5.63. The smallest absolute Gasteiger partial charge is 0.272 e. The van der Waals surface area contributed by atoms with Gasteiger partial charge in [-0.05, 0) is 18.6 Å². The van der Waals surface area contributed by atoms with Crippen molar-refractivity contribution in [3.63, 3.8) is 0 Å². The number of piperazine rings is 1. The third kappa shape index (κ3) is 4.41. The van der Waals surface area contributed by atoms with Crippen molar-refractivity contribution in [3.05, 3.63) is 63.7 Å². The average molecular weight is 424 g/mol. The van der Waals surface area contributed by atoms with E-state index in [2.05, 4.69) is 30.1 Å². The summed E-state index contributed by atoms with van der Waals surface area (Å²) in [5.74, 6) is -1.16. The summed E-state index contributed by atoms with van der Waals surface area (Å²) in [7, 11) is 1.45. The monoisotopic (exact) mass is 424 g/mol. The molecule has 3 aromatic heterocycles. The molecule has 0 atom stereocenters. The van der Waals surface area contributed by atoms with Crippen LogP contribution in [-0.4, -0.2) is 59.0 Å². The maximum absolute atomic E-state index is 14.2. The molecular weight excluding hydrogens is 399 g/mol. The zero-order valence-corrected chi connectivity index (χ0v) is 17.6. The topological polar surface area (TPSA) is 94.2 Å². The minimum Gasteiger partial charge on any atom is -0.368 e. The Balaban J connectivity index is 1.41. The Bertz CT molecular complexity index is 1170. The number of nitrogens with one attached hydrogen (secondary N) is 2. The molecule has 0 saturated carbocycles. The quantitative estimate of drug-likeness (QED) is 0.648. The maximum atomic E-state index is 14.2. The number of pyridine rings is 3. The van der Waals surface area contributed by atoms with Crippen molar-refractivity contribution in [3.8, 4) is 0 Å². The Labute approximate surface area is 179 Å². The number of carbonyl (C=O) groups is 1. The van der Waals surface area contributed by atoms with Crippen LogP contribution in [0.1, 0.15) is 28.7 Å². The summed E-state index contributed by atoms with van der Waals surface area (Å²) in [5.41, 5.74) is 2.86. The Morgan fingerprint density at radius 1 is 1.16 bits per heavy atom. The molecule has 3 aromatic rings. The first-order chi connectivity index (χ1) is 15.0. The SMILES string of the molecule is CCc1cc2cnc(CN3CCN(c4cnc(C(=O)NC)c(F)c4)CC3)cc2[nH]c1=O. The molecule has 9 heteroatoms. The molecule has 0 aliphatic carbocycles. The largest absolute Gasteiger partial charge is 0.368 e. The van der Waals surface area contributed by atoms with Crippen LogP contribution in [0.2, 0.25) is 0 Å². The predicted molar refractivity (Wildman–Crippen MR) is 117 cm³/mol. The van der Waals surface area contributed by atoms with E-state index >= 15 is 0 Å². The minimum atomic E-state index is -0.625. The second-order valence-corrected chi connectivity index (χ2v) is 7.61. The maximum Gasteiger partial charge on any atom is 0.272 e. The molecule has 1 amide bonds. The van der Waals surface area contributed by atoms with E-state index in [4.69, 9.17) is 0 Å². The van der Waals surface area contributed by atoms with Gasteiger partial charge in [0.05, 0.1) is 23.1 Å². The van der Waals surface area contributed by atoms with Gasteiger partial charge < -0.3 is 15.2 Å². The van der Waals surface area contributed by atoms with Crippen LogP contribution in [0, 0.1) is 5.82 Å². The lowest BCUT2D eigenvalue weighted by Gasteiger charge is -2.35. The molecule has 0 bridgehead atoms. The highest BCUT2D eigenvalue weighted by Gasteiger charge is 2.20. The summed E-state index contributed by atoms with van der Waals surface area (Å²) in [6.45, 7) is 5.62. The highest BCUT2D eigenvalue weighted by Crippen LogP contribution is 2.19. The van der Waals surface area contributed by atoms with Gasteiger partial charge >= 0.3 is 0 Å². The first kappa shape index (κ1) is 20.9. The molecule has 0 unspecified atom stereocenters. The van der Waals surface area contributed by atoms with Crippen molar-refractivity contribution >= 4 is 22.5 Å². The number of hydrogen-bond acceptors (Lipinski definition) is 6. The van der Waals surface area contributed by atoms with E-state index in [1.54, 1.807) is 6.20 Å². The van der Waals surface area contributed by atoms with Crippen LogP contribution in [0.5, 0.6) is 0 Å². The highest BCUT2D eigenvalue weighted by molar-refractivity contribution is 5.92. The van der Waals surface area contributed by atoms with E-state index in [9.17, 15) is 14.0 Å². The summed E-state index contributed by atoms with van der Waals surface area (Å²) >= 11 is 0. The van der Waals surface area contributed by atoms with Gasteiger partial charge in [0.15, 0.2) is 11.5 Å². The van der Waals surface area contributed by atoms with Gasteiger partial charge in [-0.2, -0.15) is 0 Å². The van der Waals surface area contributed by atoms with Gasteiger partial charge in [-0.1, -0.05) is 6.92 Å². The van der Waals surface area contributed by atoms with Crippen molar-refractivity contribution in [1.82, 2.24) is 25.2 Å². The number of nitrogens with zero attached hydrogens (tertiary/aromatic N) is 4. The first-order valence-corrected chi connectivity index (χ1v) is 10.3. The molecule has 4 rings (SSSR count). The molecule has 2 N–H and O–H groups in total. The summed E-state index contributed by atoms with van der Waals surface area (Å²) in [6.07, 6.45) is 4.03. The number of fused-ring (bicyclic) bond motifs is 1. The number of H-pyrrole nitrogens is 1. The molecule has 0 aromatic carbocycles. The van der Waals surface area contributed by atoms with Crippen LogP contribution in [-0.2, 0) is 13.0 Å². The van der Waals surface area contributed by atoms with E-state index in [1.807, 2.05) is 19.1 Å². The molecule has 0 spiro atoms. The van der Waals surface area contributed by atoms with E-state index < -0.39 is 11.7 Å². The van der Waals surface area contributed by atoms with Crippen molar-refractivity contribution in [1.29, 1.82) is 0 Å². The van der Waals surface area contributed by atoms with Gasteiger partial charge in [0, 0.05) is 63.0 Å². The Kier molecular flexibility index (Phi) is 5.94. The first-order valence-electron chi connectivity index (χ1n) is 10.3. The molecule has 1 aliphatic rings. The average Bonchev–Trinajstić information content (AvgIpc) is 2.78. The lowest BCUT2D eigenvalue weighted by molar-refractivity contribution is 0.0953. The fourth-order valence-corrected chi connectivity index (χ4v) is 3.82. The summed E-state index contributed by atoms with van der Waals surface area (Å²) in [4.78, 5) is 39.5. The van der Waals surface area contributed by atoms with Crippen LogP contribution in [0.25, 0.3) is 10.9 Å². The number of halogens is 1. The molecular formula is C22H25FN6O2. The molecule has 1 aliphatic heterocycles. The molecule has 1 fully saturated rings. The lowest BCUT2D eigenvalue weighted by Crippen LogP contribution is -2.46. The van der Waals surface area contributed by atoms with Crippen molar-refractivity contribution in [2.24, 2.45) is 0 Å². The van der Waals surface area contributed by atoms with Crippen LogP contribution in [0.3, 0.4) is 0 Å². The highest BCUT2D eigenvalue weighted by atomic mass is 19.1. The zero-order valence-electron chi connectivity index (χ0n) is 17.6. The summed E-state index contributed by atoms with van der Waals surface area (Å²) in [5, 5.41) is 3.31. The Morgan fingerprint density at radius 2 is 1.94 bits per heavy atom. The predicted octanol–water partition coefficient (Wildman–Crippen LogP) is 1.70. The fraction of sp³-hybridized carbons (Fsp3) is 0.364. The molecule has 0 radical (unpaired) electrons. The number of carbonyl (C=O) groups excluding carboxylic acids is 1. The Morgan fingerprint density at radius 3 is 2.61 bits per heavy atom. The molecule has 162 valence electrons. The van der Waals surface area contributed by atoms with Crippen LogP contribution >= 0.6 is 0 Å². The van der Waals surface area contributed by atoms with Gasteiger partial charge in [0.25, 0.3) is 11.5 Å². The lowest BCUT2D eigenvalue weighted by atomic mass is 10.1. The second-order valence-electron chi connectivity index (χ2n) is 7.61. The van der Waals surface area contributed by atoms with E-state index in [-0.39, 0.29) is 11.3 Å². The van der Waals surface area contributed by atoms with Crippen molar-refractivity contribution in [2.45, 2.75) is 19.9 Å². The van der Waals surface area contributed by atoms with Gasteiger partial charge in [0.1, 0.15) is 0 Å². The van der Waals surface area contributed by atoms with Gasteiger partial charge in [-0.15, -0.1) is 0 Å². The van der Waals surface area contributed by atoms with Crippen molar-refractivity contribution in [2.75, 3.05) is 38.1 Å². The van der Waals surface area contributed by atoms with Crippen LogP contribution in [0.15, 0.2) is 35.4 Å². The van der Waals surface area contributed by atoms with Gasteiger partial charge in [-0.3, -0.25) is 19.5 Å². The number of hydrogen-bond donors (Lipinski definition) is 2. The molecule has 8 nitrogen and oxygen atoms in total. The number of aryl methyl sites for hydroxylation is 1. The van der Waals surface area contributed by atoms with E-state index in [0.717, 1.165) is 35.2 Å². The van der Waals surface area contributed by atoms with Crippen LogP contribution in [0.4, 0.5) is 10.1 Å². The fourth-order valence-electron chi connectivity index (χ4n) is 3.82. The number of amides is 1. The minimum absolute atomic E-state index is 0.0518. The summed E-state index contributed by atoms with van der Waals surface area (Å²) in [6, 6.07) is 5.19. The van der Waals surface area contributed by atoms with Gasteiger partial charge in [-0.25, -0.2) is 9.37 Å². The third-order valence-corrected chi connectivity index (χ3v) is 5.63. The van der Waals surface area contributed by atoms with E-state index in [0.29, 0.717) is 31.7 Å². The second kappa shape index (κ2) is 8.81. The standard InChI is InChI=1S/C22H25FN6O2/c1-3-14-8-15-11-25-16(9-19(15)27-21(14)30)13-28-4-6-29(7-5-28)17-10-18(23)20(26-12-17)22(31)24-2/h8-12H,3-7,13H2,1-2H3,(H,24,31)(H,27,30). The number of aromatic nitrogens is 3. The van der Waals surface area contributed by atoms with Crippen LogP contribution < -0.4 is 15.8 Å². The van der Waals surface area contributed by atoms with Gasteiger partial charge in [0.2, 0.25) is 0 Å². The number of aromatic amines is 1. The normalized spacial score (nSPS) is 14.7. The number of anilines is 1. The van der Waals surface area contributed by atoms with E-state index in [1.165, 1.54) is 19.3 Å². The molecule has 1 saturated heterocycles.